The van der Waals surface area contributed by atoms with Crippen molar-refractivity contribution in [2.45, 2.75) is 18.9 Å². The summed E-state index contributed by atoms with van der Waals surface area (Å²) in [5, 5.41) is 0. The quantitative estimate of drug-likeness (QED) is 0.843. The number of nitrogens with zero attached hydrogens (tertiary/aromatic N) is 3. The van der Waals surface area contributed by atoms with Crippen molar-refractivity contribution in [3.63, 3.8) is 0 Å². The number of ether oxygens (including phenoxy) is 2. The lowest BCUT2D eigenvalue weighted by Crippen LogP contribution is -2.42. The predicted octanol–water partition coefficient (Wildman–Crippen LogP) is 2.11. The molecule has 1 saturated heterocycles. The molecule has 4 rings (SSSR count). The molecule has 1 fully saturated rings. The topological polar surface area (TPSA) is 47.5 Å². The van der Waals surface area contributed by atoms with Gasteiger partial charge in [0.1, 0.15) is 12.1 Å². The van der Waals surface area contributed by atoms with Gasteiger partial charge < -0.3 is 14.4 Å². The van der Waals surface area contributed by atoms with Gasteiger partial charge in [-0.15, -0.1) is 0 Å². The van der Waals surface area contributed by atoms with Crippen molar-refractivity contribution < 1.29 is 9.47 Å². The van der Waals surface area contributed by atoms with Gasteiger partial charge in [-0.25, -0.2) is 9.97 Å². The van der Waals surface area contributed by atoms with E-state index in [-0.39, 0.29) is 6.10 Å². The highest BCUT2D eigenvalue weighted by atomic mass is 16.6. The van der Waals surface area contributed by atoms with Crippen molar-refractivity contribution in [1.82, 2.24) is 9.97 Å². The van der Waals surface area contributed by atoms with Crippen LogP contribution < -0.4 is 4.90 Å². The normalized spacial score (nSPS) is 20.8. The van der Waals surface area contributed by atoms with Gasteiger partial charge >= 0.3 is 0 Å². The maximum Gasteiger partial charge on any atom is 0.131 e. The monoisotopic (exact) mass is 325 g/mol. The highest BCUT2D eigenvalue weighted by Crippen LogP contribution is 2.28. The first kappa shape index (κ1) is 15.5. The zero-order valence-corrected chi connectivity index (χ0v) is 13.8. The third-order valence-electron chi connectivity index (χ3n) is 4.81. The molecule has 0 amide bonds. The minimum atomic E-state index is 0.109. The largest absolute Gasteiger partial charge is 0.376 e. The second kappa shape index (κ2) is 7.28. The Bertz CT molecular complexity index is 634. The van der Waals surface area contributed by atoms with Crippen LogP contribution in [-0.4, -0.2) is 49.0 Å². The lowest BCUT2D eigenvalue weighted by Gasteiger charge is -2.32. The molecule has 0 spiro atoms. The number of hydrogen-bond donors (Lipinski definition) is 0. The van der Waals surface area contributed by atoms with Gasteiger partial charge in [-0.05, 0) is 36.0 Å². The van der Waals surface area contributed by atoms with Gasteiger partial charge in [0.2, 0.25) is 0 Å². The Balaban J connectivity index is 1.46. The second-order valence-electron chi connectivity index (χ2n) is 6.58. The summed E-state index contributed by atoms with van der Waals surface area (Å²) >= 11 is 0. The van der Waals surface area contributed by atoms with E-state index in [1.54, 1.807) is 12.5 Å². The Morgan fingerprint density at radius 3 is 2.54 bits per heavy atom. The van der Waals surface area contributed by atoms with E-state index >= 15 is 0 Å². The molecule has 2 aliphatic rings. The van der Waals surface area contributed by atoms with Gasteiger partial charge in [0.05, 0.1) is 25.9 Å². The van der Waals surface area contributed by atoms with Crippen LogP contribution in [0.5, 0.6) is 0 Å². The van der Waals surface area contributed by atoms with Gasteiger partial charge in [-0.3, -0.25) is 0 Å². The van der Waals surface area contributed by atoms with Gasteiger partial charge in [0.25, 0.3) is 0 Å². The van der Waals surface area contributed by atoms with Crippen LogP contribution in [0.15, 0.2) is 42.9 Å². The molecule has 1 aliphatic carbocycles. The molecule has 126 valence electrons. The molecule has 2 aromatic rings. The van der Waals surface area contributed by atoms with Crippen molar-refractivity contribution in [1.29, 1.82) is 0 Å². The van der Waals surface area contributed by atoms with E-state index in [1.807, 2.05) is 6.07 Å². The number of benzene rings is 1. The minimum absolute atomic E-state index is 0.109. The molecule has 5 heteroatoms. The molecule has 0 bridgehead atoms. The molecule has 0 saturated carbocycles. The van der Waals surface area contributed by atoms with E-state index in [1.165, 1.54) is 11.1 Å². The molecule has 5 nitrogen and oxygen atoms in total. The lowest BCUT2D eigenvalue weighted by atomic mass is 10.1. The lowest BCUT2D eigenvalue weighted by molar-refractivity contribution is -0.0842. The van der Waals surface area contributed by atoms with E-state index < -0.39 is 0 Å². The standard InChI is InChI=1S/C19H23N3O2/c1-2-4-17-10-15(9-16(17)3-1)11-22(19-5-6-20-14-21-19)12-18-13-23-7-8-24-18/h1-6,14-15,18H,7-13H2. The number of rotatable bonds is 5. The fourth-order valence-electron chi connectivity index (χ4n) is 3.71. The molecule has 1 aromatic heterocycles. The third kappa shape index (κ3) is 3.57. The molecule has 1 aromatic carbocycles. The predicted molar refractivity (Wildman–Crippen MR) is 92.1 cm³/mol. The van der Waals surface area contributed by atoms with E-state index in [9.17, 15) is 0 Å². The molecule has 24 heavy (non-hydrogen) atoms. The highest BCUT2D eigenvalue weighted by Gasteiger charge is 2.26. The van der Waals surface area contributed by atoms with Crippen LogP contribution in [0, 0.1) is 5.92 Å². The van der Waals surface area contributed by atoms with Crippen LogP contribution in [0.25, 0.3) is 0 Å². The minimum Gasteiger partial charge on any atom is -0.376 e. The number of aromatic nitrogens is 2. The Morgan fingerprint density at radius 2 is 1.88 bits per heavy atom. The molecule has 0 N–H and O–H groups in total. The van der Waals surface area contributed by atoms with Crippen LogP contribution in [0.4, 0.5) is 5.82 Å². The Labute approximate surface area is 142 Å². The summed E-state index contributed by atoms with van der Waals surface area (Å²) in [6.07, 6.45) is 5.80. The Kier molecular flexibility index (Phi) is 4.71. The molecule has 1 atom stereocenters. The highest BCUT2D eigenvalue weighted by molar-refractivity contribution is 5.38. The first-order valence-corrected chi connectivity index (χ1v) is 8.65. The Hall–Kier alpha value is -1.98. The average molecular weight is 325 g/mol. The van der Waals surface area contributed by atoms with Gasteiger partial charge in [-0.2, -0.15) is 0 Å². The number of fused-ring (bicyclic) bond motifs is 1. The Morgan fingerprint density at radius 1 is 1.04 bits per heavy atom. The number of hydrogen-bond acceptors (Lipinski definition) is 5. The summed E-state index contributed by atoms with van der Waals surface area (Å²) in [7, 11) is 0. The van der Waals surface area contributed by atoms with E-state index in [0.29, 0.717) is 25.7 Å². The van der Waals surface area contributed by atoms with Crippen LogP contribution in [0.3, 0.4) is 0 Å². The SMILES string of the molecule is c1ccc2c(c1)CC(CN(CC1COCCO1)c1ccncn1)C2. The summed E-state index contributed by atoms with van der Waals surface area (Å²) in [6, 6.07) is 10.8. The zero-order chi connectivity index (χ0) is 16.2. The fraction of sp³-hybridized carbons (Fsp3) is 0.474. The average Bonchev–Trinajstić information content (AvgIpc) is 3.05. The first-order chi connectivity index (χ1) is 11.9. The van der Waals surface area contributed by atoms with Crippen molar-refractivity contribution in [2.75, 3.05) is 37.8 Å². The molecular formula is C19H23N3O2. The van der Waals surface area contributed by atoms with Gasteiger partial charge in [0, 0.05) is 19.3 Å². The van der Waals surface area contributed by atoms with Crippen molar-refractivity contribution in [2.24, 2.45) is 5.92 Å². The van der Waals surface area contributed by atoms with Crippen molar-refractivity contribution in [3.05, 3.63) is 54.0 Å². The van der Waals surface area contributed by atoms with Crippen LogP contribution in [0.1, 0.15) is 11.1 Å². The molecular weight excluding hydrogens is 302 g/mol. The molecule has 0 radical (unpaired) electrons. The van der Waals surface area contributed by atoms with Crippen LogP contribution in [-0.2, 0) is 22.3 Å². The second-order valence-corrected chi connectivity index (χ2v) is 6.58. The molecule has 2 heterocycles. The molecule has 1 aliphatic heterocycles. The summed E-state index contributed by atoms with van der Waals surface area (Å²) in [5.74, 6) is 1.58. The van der Waals surface area contributed by atoms with Crippen LogP contribution >= 0.6 is 0 Å². The number of anilines is 1. The summed E-state index contributed by atoms with van der Waals surface area (Å²) in [5.41, 5.74) is 2.98. The maximum absolute atomic E-state index is 5.85. The molecule has 1 unspecified atom stereocenters. The summed E-state index contributed by atoms with van der Waals surface area (Å²) < 4.78 is 11.4. The van der Waals surface area contributed by atoms with E-state index in [0.717, 1.165) is 31.7 Å². The van der Waals surface area contributed by atoms with E-state index in [2.05, 4.69) is 39.1 Å². The van der Waals surface area contributed by atoms with Gasteiger partial charge in [-0.1, -0.05) is 24.3 Å². The van der Waals surface area contributed by atoms with Crippen molar-refractivity contribution >= 4 is 5.82 Å². The summed E-state index contributed by atoms with van der Waals surface area (Å²) in [4.78, 5) is 10.8. The third-order valence-corrected chi connectivity index (χ3v) is 4.81. The zero-order valence-electron chi connectivity index (χ0n) is 13.8. The summed E-state index contributed by atoms with van der Waals surface area (Å²) in [6.45, 7) is 3.82. The first-order valence-electron chi connectivity index (χ1n) is 8.65. The smallest absolute Gasteiger partial charge is 0.131 e. The van der Waals surface area contributed by atoms with E-state index in [4.69, 9.17) is 9.47 Å². The van der Waals surface area contributed by atoms with Crippen LogP contribution in [0.2, 0.25) is 0 Å². The van der Waals surface area contributed by atoms with Crippen molar-refractivity contribution in [3.8, 4) is 0 Å². The fourth-order valence-corrected chi connectivity index (χ4v) is 3.71. The van der Waals surface area contributed by atoms with Gasteiger partial charge in [0.15, 0.2) is 0 Å². The maximum atomic E-state index is 5.85.